The minimum Gasteiger partial charge on any atom is -0.176 e. The molecule has 1 aliphatic rings. The van der Waals surface area contributed by atoms with Crippen molar-refractivity contribution in [3.63, 3.8) is 0 Å². The van der Waals surface area contributed by atoms with Gasteiger partial charge in [-0.25, -0.2) is 0 Å². The lowest BCUT2D eigenvalue weighted by Gasteiger charge is -2.34. The molecule has 0 saturated heterocycles. The van der Waals surface area contributed by atoms with E-state index >= 15 is 0 Å². The molecule has 0 aromatic carbocycles. The molecule has 1 fully saturated rings. The zero-order chi connectivity index (χ0) is 8.27. The van der Waals surface area contributed by atoms with Gasteiger partial charge in [-0.1, -0.05) is 39.5 Å². The van der Waals surface area contributed by atoms with E-state index in [0.717, 1.165) is 11.8 Å². The fourth-order valence-electron chi connectivity index (χ4n) is 2.44. The first-order chi connectivity index (χ1) is 5.29. The molecule has 0 aromatic rings. The van der Waals surface area contributed by atoms with Gasteiger partial charge in [-0.05, 0) is 18.3 Å². The van der Waals surface area contributed by atoms with Crippen molar-refractivity contribution >= 4 is 12.6 Å². The lowest BCUT2D eigenvalue weighted by molar-refractivity contribution is 0.234. The lowest BCUT2D eigenvalue weighted by atomic mass is 9.76. The van der Waals surface area contributed by atoms with Gasteiger partial charge in [-0.2, -0.15) is 12.6 Å². The molecule has 3 unspecified atom stereocenters. The molecule has 1 aliphatic carbocycles. The van der Waals surface area contributed by atoms with Gasteiger partial charge in [-0.15, -0.1) is 0 Å². The molecule has 0 aromatic heterocycles. The van der Waals surface area contributed by atoms with Gasteiger partial charge in [0.1, 0.15) is 0 Å². The van der Waals surface area contributed by atoms with Crippen LogP contribution < -0.4 is 0 Å². The molecule has 0 heterocycles. The Hall–Kier alpha value is 0.350. The molecule has 0 amide bonds. The third-order valence-electron chi connectivity index (χ3n) is 3.17. The number of hydrogen-bond donors (Lipinski definition) is 1. The van der Waals surface area contributed by atoms with Crippen molar-refractivity contribution in [3.05, 3.63) is 0 Å². The van der Waals surface area contributed by atoms with E-state index in [1.54, 1.807) is 0 Å². The summed E-state index contributed by atoms with van der Waals surface area (Å²) in [7, 11) is 0. The summed E-state index contributed by atoms with van der Waals surface area (Å²) in [5.41, 5.74) is 0. The van der Waals surface area contributed by atoms with Crippen molar-refractivity contribution in [1.82, 2.24) is 0 Å². The molecule has 1 saturated carbocycles. The summed E-state index contributed by atoms with van der Waals surface area (Å²) in [4.78, 5) is 0. The third kappa shape index (κ3) is 2.14. The van der Waals surface area contributed by atoms with Gasteiger partial charge in [0.05, 0.1) is 0 Å². The smallest absolute Gasteiger partial charge is 0.00476 e. The van der Waals surface area contributed by atoms with E-state index in [0.29, 0.717) is 5.25 Å². The summed E-state index contributed by atoms with van der Waals surface area (Å²) < 4.78 is 0. The highest BCUT2D eigenvalue weighted by atomic mass is 32.1. The van der Waals surface area contributed by atoms with Crippen LogP contribution in [-0.2, 0) is 0 Å². The molecule has 1 rings (SSSR count). The predicted molar refractivity (Wildman–Crippen MR) is 54.2 cm³/mol. The van der Waals surface area contributed by atoms with Gasteiger partial charge in [0.25, 0.3) is 0 Å². The lowest BCUT2D eigenvalue weighted by Crippen LogP contribution is -2.27. The van der Waals surface area contributed by atoms with E-state index in [2.05, 4.69) is 26.5 Å². The third-order valence-corrected chi connectivity index (χ3v) is 3.81. The molecular formula is C10H20S. The van der Waals surface area contributed by atoms with Crippen LogP contribution in [0.4, 0.5) is 0 Å². The van der Waals surface area contributed by atoms with Crippen LogP contribution in [0.25, 0.3) is 0 Å². The van der Waals surface area contributed by atoms with E-state index < -0.39 is 0 Å². The molecule has 0 N–H and O–H groups in total. The van der Waals surface area contributed by atoms with Crippen LogP contribution in [0.2, 0.25) is 0 Å². The van der Waals surface area contributed by atoms with Crippen LogP contribution in [-0.4, -0.2) is 5.25 Å². The monoisotopic (exact) mass is 172 g/mol. The molecule has 3 atom stereocenters. The van der Waals surface area contributed by atoms with Crippen LogP contribution in [0, 0.1) is 11.8 Å². The van der Waals surface area contributed by atoms with E-state index in [9.17, 15) is 0 Å². The van der Waals surface area contributed by atoms with Crippen LogP contribution in [0.15, 0.2) is 0 Å². The van der Waals surface area contributed by atoms with Gasteiger partial charge in [-0.3, -0.25) is 0 Å². The van der Waals surface area contributed by atoms with Crippen molar-refractivity contribution < 1.29 is 0 Å². The zero-order valence-electron chi connectivity index (χ0n) is 7.71. The highest BCUT2D eigenvalue weighted by Crippen LogP contribution is 2.36. The SMILES string of the molecule is CCC1CCCC(S)C1CC. The van der Waals surface area contributed by atoms with Crippen molar-refractivity contribution in [3.8, 4) is 0 Å². The van der Waals surface area contributed by atoms with E-state index in [-0.39, 0.29) is 0 Å². The Labute approximate surface area is 76.2 Å². The Kier molecular flexibility index (Phi) is 3.77. The molecule has 11 heavy (non-hydrogen) atoms. The Balaban J connectivity index is 2.48. The summed E-state index contributed by atoms with van der Waals surface area (Å²) >= 11 is 4.65. The number of hydrogen-bond acceptors (Lipinski definition) is 1. The average Bonchev–Trinajstić information content (AvgIpc) is 2.04. The van der Waals surface area contributed by atoms with Crippen LogP contribution in [0.1, 0.15) is 46.0 Å². The van der Waals surface area contributed by atoms with E-state index in [4.69, 9.17) is 0 Å². The highest BCUT2D eigenvalue weighted by Gasteiger charge is 2.28. The highest BCUT2D eigenvalue weighted by molar-refractivity contribution is 7.81. The predicted octanol–water partition coefficient (Wildman–Crippen LogP) is 3.52. The Morgan fingerprint density at radius 3 is 2.36 bits per heavy atom. The fourth-order valence-corrected chi connectivity index (χ4v) is 3.08. The van der Waals surface area contributed by atoms with Crippen molar-refractivity contribution in [2.24, 2.45) is 11.8 Å². The van der Waals surface area contributed by atoms with E-state index in [1.807, 2.05) is 0 Å². The molecule has 0 spiro atoms. The largest absolute Gasteiger partial charge is 0.176 e. The Bertz CT molecular complexity index is 111. The van der Waals surface area contributed by atoms with Gasteiger partial charge in [0.2, 0.25) is 0 Å². The minimum atomic E-state index is 0.693. The molecule has 1 heteroatoms. The second-order valence-electron chi connectivity index (χ2n) is 3.74. The maximum atomic E-state index is 4.65. The molecule has 0 aliphatic heterocycles. The van der Waals surface area contributed by atoms with Gasteiger partial charge < -0.3 is 0 Å². The van der Waals surface area contributed by atoms with Crippen LogP contribution >= 0.6 is 12.6 Å². The maximum absolute atomic E-state index is 4.65. The Morgan fingerprint density at radius 2 is 1.91 bits per heavy atom. The maximum Gasteiger partial charge on any atom is 0.00476 e. The standard InChI is InChI=1S/C10H20S/c1-3-8-6-5-7-10(11)9(8)4-2/h8-11H,3-7H2,1-2H3. The second-order valence-corrected chi connectivity index (χ2v) is 4.40. The first kappa shape index (κ1) is 9.44. The second kappa shape index (κ2) is 4.39. The number of rotatable bonds is 2. The van der Waals surface area contributed by atoms with Gasteiger partial charge in [0.15, 0.2) is 0 Å². The molecule has 0 bridgehead atoms. The zero-order valence-corrected chi connectivity index (χ0v) is 8.61. The summed E-state index contributed by atoms with van der Waals surface area (Å²) in [6, 6.07) is 0. The molecule has 66 valence electrons. The van der Waals surface area contributed by atoms with Crippen molar-refractivity contribution in [2.75, 3.05) is 0 Å². The molecule has 0 nitrogen and oxygen atoms in total. The van der Waals surface area contributed by atoms with Crippen molar-refractivity contribution in [1.29, 1.82) is 0 Å². The normalized spacial score (nSPS) is 39.0. The minimum absolute atomic E-state index is 0.693. The number of thiol groups is 1. The van der Waals surface area contributed by atoms with Crippen LogP contribution in [0.3, 0.4) is 0 Å². The van der Waals surface area contributed by atoms with Gasteiger partial charge >= 0.3 is 0 Å². The summed E-state index contributed by atoms with van der Waals surface area (Å²) in [5.74, 6) is 1.87. The van der Waals surface area contributed by atoms with Crippen LogP contribution in [0.5, 0.6) is 0 Å². The first-order valence-corrected chi connectivity index (χ1v) is 5.49. The first-order valence-electron chi connectivity index (χ1n) is 4.97. The summed E-state index contributed by atoms with van der Waals surface area (Å²) in [5, 5.41) is 0.693. The summed E-state index contributed by atoms with van der Waals surface area (Å²) in [6.07, 6.45) is 6.88. The van der Waals surface area contributed by atoms with E-state index in [1.165, 1.54) is 32.1 Å². The van der Waals surface area contributed by atoms with Crippen molar-refractivity contribution in [2.45, 2.75) is 51.2 Å². The average molecular weight is 172 g/mol. The molecule has 0 radical (unpaired) electrons. The Morgan fingerprint density at radius 1 is 1.18 bits per heavy atom. The topological polar surface area (TPSA) is 0 Å². The van der Waals surface area contributed by atoms with Gasteiger partial charge in [0, 0.05) is 5.25 Å². The quantitative estimate of drug-likeness (QED) is 0.605. The fraction of sp³-hybridized carbons (Fsp3) is 1.00. The molecular weight excluding hydrogens is 152 g/mol. The summed E-state index contributed by atoms with van der Waals surface area (Å²) in [6.45, 7) is 4.63.